The summed E-state index contributed by atoms with van der Waals surface area (Å²) in [7, 11) is 0. The highest BCUT2D eigenvalue weighted by molar-refractivity contribution is 5.75. The molecule has 0 fully saturated rings. The van der Waals surface area contributed by atoms with Crippen LogP contribution in [-0.4, -0.2) is 36.7 Å². The van der Waals surface area contributed by atoms with Crippen LogP contribution in [0.4, 0.5) is 0 Å². The molecule has 0 radical (unpaired) electrons. The highest BCUT2D eigenvalue weighted by atomic mass is 16.5. The molecule has 0 unspecified atom stereocenters. The van der Waals surface area contributed by atoms with E-state index in [0.717, 1.165) is 37.1 Å². The highest BCUT2D eigenvalue weighted by Gasteiger charge is 2.29. The third kappa shape index (κ3) is 5.13. The monoisotopic (exact) mass is 306 g/mol. The number of carbonyl (C=O) groups excluding carboxylic acids is 1. The van der Waals surface area contributed by atoms with Gasteiger partial charge in [0.05, 0.1) is 18.5 Å². The Balaban J connectivity index is 2.63. The Labute approximate surface area is 135 Å². The zero-order chi connectivity index (χ0) is 16.6. The first-order valence-corrected chi connectivity index (χ1v) is 8.45. The summed E-state index contributed by atoms with van der Waals surface area (Å²) < 4.78 is 6.49. The van der Waals surface area contributed by atoms with E-state index in [1.165, 1.54) is 5.56 Å². The smallest absolute Gasteiger partial charge is 0.311 e. The van der Waals surface area contributed by atoms with E-state index >= 15 is 0 Å². The van der Waals surface area contributed by atoms with Gasteiger partial charge in [-0.05, 0) is 34.1 Å². The summed E-state index contributed by atoms with van der Waals surface area (Å²) in [4.78, 5) is 12.1. The van der Waals surface area contributed by atoms with Crippen molar-refractivity contribution in [1.29, 1.82) is 0 Å². The van der Waals surface area contributed by atoms with Gasteiger partial charge in [-0.15, -0.1) is 0 Å². The summed E-state index contributed by atoms with van der Waals surface area (Å²) in [6.45, 7) is 14.8. The molecule has 0 heterocycles. The van der Waals surface area contributed by atoms with E-state index in [0.29, 0.717) is 6.61 Å². The van der Waals surface area contributed by atoms with Gasteiger partial charge in [-0.1, -0.05) is 37.3 Å². The predicted molar refractivity (Wildman–Crippen MR) is 91.4 cm³/mol. The van der Waals surface area contributed by atoms with Crippen LogP contribution < -0.4 is 0 Å². The maximum Gasteiger partial charge on any atom is 0.311 e. The number of hydrogen-bond acceptors (Lipinski definition) is 2. The molecule has 1 rings (SSSR count). The Kier molecular flexibility index (Phi) is 7.08. The second-order valence-electron chi connectivity index (χ2n) is 6.71. The van der Waals surface area contributed by atoms with Gasteiger partial charge >= 0.3 is 5.97 Å². The molecule has 0 spiro atoms. The molecule has 22 heavy (non-hydrogen) atoms. The molecule has 0 aliphatic carbocycles. The molecule has 0 N–H and O–H groups in total. The predicted octanol–water partition coefficient (Wildman–Crippen LogP) is 4.02. The molecular weight excluding hydrogens is 274 g/mol. The quantitative estimate of drug-likeness (QED) is 0.509. The molecule has 0 aromatic heterocycles. The summed E-state index contributed by atoms with van der Waals surface area (Å²) in [5, 5.41) is 0. The maximum atomic E-state index is 12.1. The van der Waals surface area contributed by atoms with E-state index in [-0.39, 0.29) is 11.4 Å². The minimum atomic E-state index is -0.381. The molecule has 3 nitrogen and oxygen atoms in total. The van der Waals surface area contributed by atoms with Crippen molar-refractivity contribution in [2.24, 2.45) is 5.41 Å². The van der Waals surface area contributed by atoms with Crippen LogP contribution in [0.3, 0.4) is 0 Å². The number of ether oxygens (including phenoxy) is 1. The van der Waals surface area contributed by atoms with E-state index in [9.17, 15) is 4.79 Å². The standard InChI is InChI=1S/C19H32NO2/c1-6-19(4,5)18(21)22-15-14-20(7-2,8-3)16-17-12-10-9-11-13-17/h9-13H,6-8,14-16H2,1-5H3/q+1. The van der Waals surface area contributed by atoms with Crippen molar-refractivity contribution in [3.05, 3.63) is 35.9 Å². The lowest BCUT2D eigenvalue weighted by Crippen LogP contribution is -2.49. The lowest BCUT2D eigenvalue weighted by atomic mass is 9.91. The normalized spacial score (nSPS) is 12.2. The molecular formula is C19H32NO2+. The number of esters is 1. The second-order valence-corrected chi connectivity index (χ2v) is 6.71. The fourth-order valence-electron chi connectivity index (χ4n) is 2.48. The highest BCUT2D eigenvalue weighted by Crippen LogP contribution is 2.22. The van der Waals surface area contributed by atoms with Crippen molar-refractivity contribution < 1.29 is 14.0 Å². The van der Waals surface area contributed by atoms with Crippen LogP contribution >= 0.6 is 0 Å². The van der Waals surface area contributed by atoms with Crippen LogP contribution in [0.2, 0.25) is 0 Å². The van der Waals surface area contributed by atoms with E-state index in [1.54, 1.807) is 0 Å². The molecule has 0 bridgehead atoms. The van der Waals surface area contributed by atoms with Crippen LogP contribution in [0, 0.1) is 5.41 Å². The van der Waals surface area contributed by atoms with Crippen molar-refractivity contribution in [2.45, 2.75) is 47.6 Å². The van der Waals surface area contributed by atoms with Crippen LogP contribution in [0.1, 0.15) is 46.6 Å². The topological polar surface area (TPSA) is 26.3 Å². The molecule has 3 heteroatoms. The van der Waals surface area contributed by atoms with Gasteiger partial charge in [-0.3, -0.25) is 4.79 Å². The van der Waals surface area contributed by atoms with E-state index in [4.69, 9.17) is 4.74 Å². The Bertz CT molecular complexity index is 450. The molecule has 0 saturated carbocycles. The maximum absolute atomic E-state index is 12.1. The third-order valence-corrected chi connectivity index (χ3v) is 4.94. The van der Waals surface area contributed by atoms with Gasteiger partial charge in [0.1, 0.15) is 19.7 Å². The molecule has 1 aromatic carbocycles. The number of hydrogen-bond donors (Lipinski definition) is 0. The van der Waals surface area contributed by atoms with Crippen molar-refractivity contribution in [1.82, 2.24) is 0 Å². The van der Waals surface area contributed by atoms with Crippen LogP contribution in [0.15, 0.2) is 30.3 Å². The van der Waals surface area contributed by atoms with Gasteiger partial charge < -0.3 is 9.22 Å². The molecule has 0 aliphatic heterocycles. The number of quaternary nitrogens is 1. The van der Waals surface area contributed by atoms with Gasteiger partial charge in [0.2, 0.25) is 0 Å². The number of carbonyl (C=O) groups is 1. The average Bonchev–Trinajstić information content (AvgIpc) is 2.54. The number of benzene rings is 1. The fourth-order valence-corrected chi connectivity index (χ4v) is 2.48. The second kappa shape index (κ2) is 8.33. The van der Waals surface area contributed by atoms with Gasteiger partial charge in [-0.25, -0.2) is 0 Å². The van der Waals surface area contributed by atoms with Crippen molar-refractivity contribution in [2.75, 3.05) is 26.2 Å². The first-order valence-electron chi connectivity index (χ1n) is 8.45. The zero-order valence-electron chi connectivity index (χ0n) is 14.9. The van der Waals surface area contributed by atoms with Crippen molar-refractivity contribution in [3.8, 4) is 0 Å². The van der Waals surface area contributed by atoms with E-state index < -0.39 is 0 Å². The summed E-state index contributed by atoms with van der Waals surface area (Å²) >= 11 is 0. The largest absolute Gasteiger partial charge is 0.459 e. The molecule has 124 valence electrons. The molecule has 1 aromatic rings. The molecule has 0 atom stereocenters. The summed E-state index contributed by atoms with van der Waals surface area (Å²) in [6, 6.07) is 10.6. The summed E-state index contributed by atoms with van der Waals surface area (Å²) in [6.07, 6.45) is 0.803. The van der Waals surface area contributed by atoms with Crippen molar-refractivity contribution in [3.63, 3.8) is 0 Å². The minimum Gasteiger partial charge on any atom is -0.459 e. The van der Waals surface area contributed by atoms with Gasteiger partial charge in [-0.2, -0.15) is 0 Å². The molecule has 0 amide bonds. The Morgan fingerprint density at radius 2 is 1.68 bits per heavy atom. The lowest BCUT2D eigenvalue weighted by Gasteiger charge is -2.37. The number of rotatable bonds is 9. The zero-order valence-corrected chi connectivity index (χ0v) is 14.9. The molecule has 0 aliphatic rings. The fraction of sp³-hybridized carbons (Fsp3) is 0.632. The summed E-state index contributed by atoms with van der Waals surface area (Å²) in [5.74, 6) is -0.0833. The lowest BCUT2D eigenvalue weighted by molar-refractivity contribution is -0.937. The van der Waals surface area contributed by atoms with Gasteiger partial charge in [0.15, 0.2) is 0 Å². The van der Waals surface area contributed by atoms with E-state index in [1.807, 2.05) is 26.8 Å². The van der Waals surface area contributed by atoms with Crippen LogP contribution in [0.25, 0.3) is 0 Å². The third-order valence-electron chi connectivity index (χ3n) is 4.94. The SMILES string of the molecule is CCC(C)(C)C(=O)OCC[N+](CC)(CC)Cc1ccccc1. The van der Waals surface area contributed by atoms with Crippen LogP contribution in [-0.2, 0) is 16.1 Å². The average molecular weight is 306 g/mol. The Morgan fingerprint density at radius 1 is 1.09 bits per heavy atom. The van der Waals surface area contributed by atoms with Gasteiger partial charge in [0, 0.05) is 5.56 Å². The minimum absolute atomic E-state index is 0.0833. The van der Waals surface area contributed by atoms with E-state index in [2.05, 4.69) is 38.1 Å². The number of likely N-dealkylation sites (N-methyl/N-ethyl adjacent to an activating group) is 1. The molecule has 0 saturated heterocycles. The Hall–Kier alpha value is -1.35. The van der Waals surface area contributed by atoms with Crippen molar-refractivity contribution >= 4 is 5.97 Å². The van der Waals surface area contributed by atoms with Gasteiger partial charge in [0.25, 0.3) is 0 Å². The first-order chi connectivity index (χ1) is 10.4. The summed E-state index contributed by atoms with van der Waals surface area (Å²) in [5.41, 5.74) is 0.958. The first kappa shape index (κ1) is 18.7. The van der Waals surface area contributed by atoms with Crippen LogP contribution in [0.5, 0.6) is 0 Å². The number of nitrogens with zero attached hydrogens (tertiary/aromatic N) is 1. The Morgan fingerprint density at radius 3 is 2.18 bits per heavy atom.